The fourth-order valence-corrected chi connectivity index (χ4v) is 4.28. The van der Waals surface area contributed by atoms with Gasteiger partial charge in [0.15, 0.2) is 5.16 Å². The number of fused-ring (bicyclic) bond motifs is 1. The molecule has 9 heteroatoms. The standard InChI is InChI=1S/C24H24N6O2S/c1-14-11-15(2)26-24(25-14)33-13-17-5-7-18(8-6-17)22(31)28-29-23(32)19-9-10-21-20(12-19)27-16(3)30(21)4/h5-12H,13H2,1-4H3,(H,28,31)(H,29,32). The third-order valence-electron chi connectivity index (χ3n) is 5.20. The molecule has 4 aromatic rings. The average Bonchev–Trinajstić information content (AvgIpc) is 3.08. The van der Waals surface area contributed by atoms with Gasteiger partial charge in [-0.3, -0.25) is 20.4 Å². The van der Waals surface area contributed by atoms with Crippen molar-refractivity contribution in [3.63, 3.8) is 0 Å². The summed E-state index contributed by atoms with van der Waals surface area (Å²) in [5, 5.41) is 0.732. The predicted molar refractivity (Wildman–Crippen MR) is 128 cm³/mol. The van der Waals surface area contributed by atoms with Crippen LogP contribution in [0.3, 0.4) is 0 Å². The van der Waals surface area contributed by atoms with Gasteiger partial charge >= 0.3 is 0 Å². The van der Waals surface area contributed by atoms with Gasteiger partial charge in [-0.05, 0) is 62.7 Å². The number of hydrogen-bond acceptors (Lipinski definition) is 6. The largest absolute Gasteiger partial charge is 0.331 e. The van der Waals surface area contributed by atoms with E-state index in [4.69, 9.17) is 0 Å². The predicted octanol–water partition coefficient (Wildman–Crippen LogP) is 3.66. The van der Waals surface area contributed by atoms with E-state index in [-0.39, 0.29) is 0 Å². The van der Waals surface area contributed by atoms with Crippen molar-refractivity contribution in [2.24, 2.45) is 7.05 Å². The Morgan fingerprint density at radius 3 is 2.12 bits per heavy atom. The van der Waals surface area contributed by atoms with Crippen LogP contribution in [0, 0.1) is 20.8 Å². The van der Waals surface area contributed by atoms with E-state index in [0.29, 0.717) is 16.9 Å². The van der Waals surface area contributed by atoms with E-state index in [2.05, 4.69) is 25.8 Å². The zero-order valence-electron chi connectivity index (χ0n) is 18.8. The van der Waals surface area contributed by atoms with Gasteiger partial charge < -0.3 is 4.57 Å². The number of benzene rings is 2. The number of hydrogen-bond donors (Lipinski definition) is 2. The maximum atomic E-state index is 12.5. The second-order valence-electron chi connectivity index (χ2n) is 7.75. The summed E-state index contributed by atoms with van der Waals surface area (Å²) in [5.74, 6) is 0.751. The number of aryl methyl sites for hydroxylation is 4. The third kappa shape index (κ3) is 5.20. The van der Waals surface area contributed by atoms with E-state index in [9.17, 15) is 9.59 Å². The summed E-state index contributed by atoms with van der Waals surface area (Å²) >= 11 is 1.54. The zero-order chi connectivity index (χ0) is 23.5. The quantitative estimate of drug-likeness (QED) is 0.268. The summed E-state index contributed by atoms with van der Waals surface area (Å²) in [7, 11) is 1.92. The van der Waals surface area contributed by atoms with Crippen LogP contribution in [0.4, 0.5) is 0 Å². The molecule has 0 aliphatic carbocycles. The Balaban J connectivity index is 1.33. The fourth-order valence-electron chi connectivity index (χ4n) is 3.38. The lowest BCUT2D eigenvalue weighted by atomic mass is 10.1. The van der Waals surface area contributed by atoms with Crippen LogP contribution in [0.25, 0.3) is 11.0 Å². The molecule has 0 saturated carbocycles. The minimum Gasteiger partial charge on any atom is -0.331 e. The maximum absolute atomic E-state index is 12.5. The number of nitrogens with zero attached hydrogens (tertiary/aromatic N) is 4. The lowest BCUT2D eigenvalue weighted by molar-refractivity contribution is 0.0847. The summed E-state index contributed by atoms with van der Waals surface area (Å²) in [4.78, 5) is 38.2. The van der Waals surface area contributed by atoms with Crippen molar-refractivity contribution in [1.29, 1.82) is 0 Å². The van der Waals surface area contributed by atoms with Crippen molar-refractivity contribution < 1.29 is 9.59 Å². The lowest BCUT2D eigenvalue weighted by Crippen LogP contribution is -2.41. The first-order chi connectivity index (χ1) is 15.8. The number of carbonyl (C=O) groups excluding carboxylic acids is 2. The molecule has 33 heavy (non-hydrogen) atoms. The summed E-state index contributed by atoms with van der Waals surface area (Å²) in [6.45, 7) is 5.80. The Kier molecular flexibility index (Phi) is 6.41. The molecule has 0 saturated heterocycles. The molecule has 0 radical (unpaired) electrons. The molecule has 0 bridgehead atoms. The number of amides is 2. The number of rotatable bonds is 5. The van der Waals surface area contributed by atoms with Crippen LogP contribution in [0.15, 0.2) is 53.7 Å². The van der Waals surface area contributed by atoms with Gasteiger partial charge in [0.2, 0.25) is 0 Å². The summed E-state index contributed by atoms with van der Waals surface area (Å²) in [6, 6.07) is 14.4. The Hall–Kier alpha value is -3.72. The van der Waals surface area contributed by atoms with E-state index >= 15 is 0 Å². The van der Waals surface area contributed by atoms with E-state index in [1.807, 2.05) is 56.7 Å². The first-order valence-electron chi connectivity index (χ1n) is 10.4. The van der Waals surface area contributed by atoms with Crippen LogP contribution in [-0.2, 0) is 12.8 Å². The Morgan fingerprint density at radius 1 is 0.848 bits per heavy atom. The van der Waals surface area contributed by atoms with E-state index in [0.717, 1.165) is 39.0 Å². The van der Waals surface area contributed by atoms with Crippen molar-refractivity contribution in [2.75, 3.05) is 0 Å². The number of aromatic nitrogens is 4. The monoisotopic (exact) mass is 460 g/mol. The Morgan fingerprint density at radius 2 is 1.45 bits per heavy atom. The highest BCUT2D eigenvalue weighted by molar-refractivity contribution is 7.98. The van der Waals surface area contributed by atoms with Crippen LogP contribution in [0.2, 0.25) is 0 Å². The Bertz CT molecular complexity index is 1330. The highest BCUT2D eigenvalue weighted by Gasteiger charge is 2.12. The summed E-state index contributed by atoms with van der Waals surface area (Å²) < 4.78 is 1.95. The minimum absolute atomic E-state index is 0.394. The van der Waals surface area contributed by atoms with Gasteiger partial charge in [-0.1, -0.05) is 23.9 Å². The number of imidazole rings is 1. The van der Waals surface area contributed by atoms with Gasteiger partial charge in [0, 0.05) is 35.3 Å². The van der Waals surface area contributed by atoms with Crippen molar-refractivity contribution in [3.8, 4) is 0 Å². The van der Waals surface area contributed by atoms with Crippen LogP contribution in [0.1, 0.15) is 43.5 Å². The second kappa shape index (κ2) is 9.41. The molecule has 0 spiro atoms. The van der Waals surface area contributed by atoms with Crippen LogP contribution in [-0.4, -0.2) is 31.3 Å². The van der Waals surface area contributed by atoms with Crippen LogP contribution < -0.4 is 10.9 Å². The molecule has 2 aromatic carbocycles. The molecule has 8 nitrogen and oxygen atoms in total. The third-order valence-corrected chi connectivity index (χ3v) is 6.12. The average molecular weight is 461 g/mol. The van der Waals surface area contributed by atoms with Crippen molar-refractivity contribution in [1.82, 2.24) is 30.4 Å². The number of thioether (sulfide) groups is 1. The second-order valence-corrected chi connectivity index (χ2v) is 8.69. The molecule has 2 amide bonds. The zero-order valence-corrected chi connectivity index (χ0v) is 19.7. The van der Waals surface area contributed by atoms with Crippen LogP contribution >= 0.6 is 11.8 Å². The van der Waals surface area contributed by atoms with Gasteiger partial charge in [-0.2, -0.15) is 0 Å². The first kappa shape index (κ1) is 22.5. The lowest BCUT2D eigenvalue weighted by Gasteiger charge is -2.08. The first-order valence-corrected chi connectivity index (χ1v) is 11.4. The molecule has 2 aromatic heterocycles. The molecule has 0 unspecified atom stereocenters. The minimum atomic E-state index is -0.407. The number of hydrazine groups is 1. The molecular weight excluding hydrogens is 436 g/mol. The van der Waals surface area contributed by atoms with E-state index < -0.39 is 11.8 Å². The maximum Gasteiger partial charge on any atom is 0.269 e. The number of carbonyl (C=O) groups is 2. The van der Waals surface area contributed by atoms with Gasteiger partial charge in [0.05, 0.1) is 11.0 Å². The molecule has 0 aliphatic rings. The van der Waals surface area contributed by atoms with Gasteiger partial charge in [0.1, 0.15) is 5.82 Å². The van der Waals surface area contributed by atoms with E-state index in [1.165, 1.54) is 0 Å². The van der Waals surface area contributed by atoms with Gasteiger partial charge in [-0.25, -0.2) is 15.0 Å². The molecule has 0 fully saturated rings. The topological polar surface area (TPSA) is 102 Å². The van der Waals surface area contributed by atoms with Crippen molar-refractivity contribution in [2.45, 2.75) is 31.7 Å². The van der Waals surface area contributed by atoms with Crippen molar-refractivity contribution in [3.05, 3.63) is 82.4 Å². The van der Waals surface area contributed by atoms with Gasteiger partial charge in [-0.15, -0.1) is 0 Å². The van der Waals surface area contributed by atoms with Crippen molar-refractivity contribution >= 4 is 34.6 Å². The molecule has 0 aliphatic heterocycles. The van der Waals surface area contributed by atoms with Gasteiger partial charge in [0.25, 0.3) is 11.8 Å². The molecular formula is C24H24N6O2S. The molecule has 4 rings (SSSR count). The smallest absolute Gasteiger partial charge is 0.269 e. The van der Waals surface area contributed by atoms with E-state index in [1.54, 1.807) is 36.0 Å². The normalized spacial score (nSPS) is 10.9. The SMILES string of the molecule is Cc1cc(C)nc(SCc2ccc(C(=O)NNC(=O)c3ccc4c(c3)nc(C)n4C)cc2)n1. The number of nitrogens with one attached hydrogen (secondary N) is 2. The highest BCUT2D eigenvalue weighted by Crippen LogP contribution is 2.20. The molecule has 2 heterocycles. The fraction of sp³-hybridized carbons (Fsp3) is 0.208. The van der Waals surface area contributed by atoms with Crippen LogP contribution in [0.5, 0.6) is 0 Å². The Labute approximate surface area is 195 Å². The molecule has 168 valence electrons. The molecule has 0 atom stereocenters. The summed E-state index contributed by atoms with van der Waals surface area (Å²) in [5.41, 5.74) is 10.4. The highest BCUT2D eigenvalue weighted by atomic mass is 32.2. The summed E-state index contributed by atoms with van der Waals surface area (Å²) in [6.07, 6.45) is 0. The molecule has 2 N–H and O–H groups in total.